The number of methoxy groups -OCH3 is 1. The molecule has 5 heteroatoms. The Morgan fingerprint density at radius 2 is 2.07 bits per heavy atom. The fourth-order valence-corrected chi connectivity index (χ4v) is 4.87. The summed E-state index contributed by atoms with van der Waals surface area (Å²) in [5.74, 6) is 0.649. The van der Waals surface area contributed by atoms with E-state index in [4.69, 9.17) is 4.74 Å². The van der Waals surface area contributed by atoms with Gasteiger partial charge >= 0.3 is 0 Å². The van der Waals surface area contributed by atoms with Gasteiger partial charge in [0.05, 0.1) is 6.61 Å². The summed E-state index contributed by atoms with van der Waals surface area (Å²) in [6.07, 6.45) is 8.52. The molecule has 2 aliphatic heterocycles. The van der Waals surface area contributed by atoms with Gasteiger partial charge in [-0.05, 0) is 69.0 Å². The Bertz CT molecular complexity index is 783. The van der Waals surface area contributed by atoms with Gasteiger partial charge in [-0.25, -0.2) is 0 Å². The van der Waals surface area contributed by atoms with E-state index in [1.54, 1.807) is 7.11 Å². The predicted octanol–water partition coefficient (Wildman–Crippen LogP) is 3.28. The molecule has 4 rings (SSSR count). The van der Waals surface area contributed by atoms with Crippen molar-refractivity contribution in [3.8, 4) is 0 Å². The maximum Gasteiger partial charge on any atom is 0.251 e. The molecule has 2 fully saturated rings. The lowest BCUT2D eigenvalue weighted by Gasteiger charge is -2.44. The van der Waals surface area contributed by atoms with Gasteiger partial charge < -0.3 is 19.5 Å². The molecule has 3 heterocycles. The molecule has 0 radical (unpaired) electrons. The molecule has 0 spiro atoms. The highest BCUT2D eigenvalue weighted by Gasteiger charge is 2.32. The Balaban J connectivity index is 1.39. The van der Waals surface area contributed by atoms with Gasteiger partial charge in [0.2, 0.25) is 0 Å². The Hall–Kier alpha value is -1.85. The Kier molecular flexibility index (Phi) is 5.79. The second-order valence-corrected chi connectivity index (χ2v) is 7.99. The second-order valence-electron chi connectivity index (χ2n) is 7.99. The number of fused-ring (bicyclic) bond motifs is 2. The molecule has 27 heavy (non-hydrogen) atoms. The van der Waals surface area contributed by atoms with Crippen molar-refractivity contribution in [3.63, 3.8) is 0 Å². The van der Waals surface area contributed by atoms with Crippen molar-refractivity contribution in [2.24, 2.45) is 5.92 Å². The van der Waals surface area contributed by atoms with Crippen LogP contribution in [0, 0.1) is 5.92 Å². The lowest BCUT2D eigenvalue weighted by molar-refractivity contribution is 0.0575. The fourth-order valence-electron chi connectivity index (χ4n) is 4.87. The summed E-state index contributed by atoms with van der Waals surface area (Å²) >= 11 is 0. The Labute approximate surface area is 161 Å². The SMILES string of the molecule is COCCn1ccc2cc(C(=O)NC[C@H]3CCCN4CCCC[C@H]34)ccc21. The van der Waals surface area contributed by atoms with E-state index < -0.39 is 0 Å². The lowest BCUT2D eigenvalue weighted by Crippen LogP contribution is -2.51. The molecule has 1 amide bonds. The first-order valence-corrected chi connectivity index (χ1v) is 10.4. The van der Waals surface area contributed by atoms with Gasteiger partial charge in [-0.3, -0.25) is 4.79 Å². The first-order valence-electron chi connectivity index (χ1n) is 10.4. The van der Waals surface area contributed by atoms with E-state index in [0.717, 1.165) is 29.6 Å². The number of benzene rings is 1. The molecule has 146 valence electrons. The molecule has 2 aromatic rings. The summed E-state index contributed by atoms with van der Waals surface area (Å²) in [6.45, 7) is 4.79. The van der Waals surface area contributed by atoms with Gasteiger partial charge in [0, 0.05) is 48.9 Å². The molecule has 0 bridgehead atoms. The van der Waals surface area contributed by atoms with Crippen molar-refractivity contribution in [2.45, 2.75) is 44.7 Å². The first kappa shape index (κ1) is 18.5. The average Bonchev–Trinajstić information content (AvgIpc) is 3.12. The van der Waals surface area contributed by atoms with Gasteiger partial charge in [0.15, 0.2) is 0 Å². The zero-order chi connectivity index (χ0) is 18.6. The van der Waals surface area contributed by atoms with E-state index in [-0.39, 0.29) is 5.91 Å². The number of carbonyl (C=O) groups excluding carboxylic acids is 1. The van der Waals surface area contributed by atoms with Crippen molar-refractivity contribution in [1.29, 1.82) is 0 Å². The van der Waals surface area contributed by atoms with Crippen molar-refractivity contribution in [3.05, 3.63) is 36.0 Å². The molecule has 0 aliphatic carbocycles. The molecule has 1 aromatic heterocycles. The molecular formula is C22H31N3O2. The highest BCUT2D eigenvalue weighted by Crippen LogP contribution is 2.30. The quantitative estimate of drug-likeness (QED) is 0.850. The minimum Gasteiger partial charge on any atom is -0.383 e. The summed E-state index contributed by atoms with van der Waals surface area (Å²) < 4.78 is 7.33. The largest absolute Gasteiger partial charge is 0.383 e. The number of rotatable bonds is 6. The molecule has 1 N–H and O–H groups in total. The predicted molar refractivity (Wildman–Crippen MR) is 108 cm³/mol. The Morgan fingerprint density at radius 3 is 2.96 bits per heavy atom. The Morgan fingerprint density at radius 1 is 1.19 bits per heavy atom. The smallest absolute Gasteiger partial charge is 0.251 e. The summed E-state index contributed by atoms with van der Waals surface area (Å²) in [6, 6.07) is 8.73. The van der Waals surface area contributed by atoms with Gasteiger partial charge in [-0.1, -0.05) is 6.42 Å². The topological polar surface area (TPSA) is 46.5 Å². The number of hydrogen-bond acceptors (Lipinski definition) is 3. The average molecular weight is 370 g/mol. The van der Waals surface area contributed by atoms with Crippen LogP contribution in [0.5, 0.6) is 0 Å². The minimum atomic E-state index is 0.0504. The number of amides is 1. The van der Waals surface area contributed by atoms with Crippen LogP contribution >= 0.6 is 0 Å². The number of nitrogens with one attached hydrogen (secondary N) is 1. The molecule has 1 aromatic carbocycles. The maximum absolute atomic E-state index is 12.7. The van der Waals surface area contributed by atoms with Crippen LogP contribution in [0.4, 0.5) is 0 Å². The zero-order valence-electron chi connectivity index (χ0n) is 16.3. The molecule has 2 saturated heterocycles. The van der Waals surface area contributed by atoms with Crippen LogP contribution in [0.25, 0.3) is 10.9 Å². The minimum absolute atomic E-state index is 0.0504. The van der Waals surface area contributed by atoms with Crippen LogP contribution in [0.15, 0.2) is 30.5 Å². The number of hydrogen-bond donors (Lipinski definition) is 1. The number of carbonyl (C=O) groups is 1. The van der Waals surface area contributed by atoms with Crippen molar-refractivity contribution in [1.82, 2.24) is 14.8 Å². The van der Waals surface area contributed by atoms with E-state index in [2.05, 4.69) is 27.0 Å². The molecule has 2 aliphatic rings. The van der Waals surface area contributed by atoms with E-state index in [9.17, 15) is 4.79 Å². The maximum atomic E-state index is 12.7. The van der Waals surface area contributed by atoms with Crippen LogP contribution < -0.4 is 5.32 Å². The third kappa shape index (κ3) is 4.04. The molecular weight excluding hydrogens is 338 g/mol. The summed E-state index contributed by atoms with van der Waals surface area (Å²) in [5.41, 5.74) is 1.90. The van der Waals surface area contributed by atoms with E-state index >= 15 is 0 Å². The third-order valence-corrected chi connectivity index (χ3v) is 6.32. The van der Waals surface area contributed by atoms with Crippen molar-refractivity contribution >= 4 is 16.8 Å². The standard InChI is InChI=1S/C22H31N3O2/c1-27-14-13-25-12-9-17-15-18(7-8-21(17)25)22(26)23-16-19-5-4-11-24-10-3-2-6-20(19)24/h7-9,12,15,19-20H,2-6,10-11,13-14,16H2,1H3,(H,23,26)/t19-,20-/m1/s1. The van der Waals surface area contributed by atoms with Gasteiger partial charge in [0.25, 0.3) is 5.91 Å². The fraction of sp³-hybridized carbons (Fsp3) is 0.591. The second kappa shape index (κ2) is 8.44. The summed E-state index contributed by atoms with van der Waals surface area (Å²) in [7, 11) is 1.72. The van der Waals surface area contributed by atoms with Gasteiger partial charge in [0.1, 0.15) is 0 Å². The molecule has 0 saturated carbocycles. The lowest BCUT2D eigenvalue weighted by atomic mass is 9.83. The number of ether oxygens (including phenoxy) is 1. The molecule has 2 atom stereocenters. The summed E-state index contributed by atoms with van der Waals surface area (Å²) in [4.78, 5) is 15.4. The highest BCUT2D eigenvalue weighted by molar-refractivity contribution is 5.98. The molecule has 0 unspecified atom stereocenters. The van der Waals surface area contributed by atoms with E-state index in [0.29, 0.717) is 18.6 Å². The normalized spacial score (nSPS) is 23.3. The van der Waals surface area contributed by atoms with Crippen LogP contribution in [0.3, 0.4) is 0 Å². The van der Waals surface area contributed by atoms with Crippen LogP contribution in [-0.4, -0.2) is 54.8 Å². The van der Waals surface area contributed by atoms with Crippen molar-refractivity contribution in [2.75, 3.05) is 33.4 Å². The van der Waals surface area contributed by atoms with Crippen LogP contribution in [0.2, 0.25) is 0 Å². The van der Waals surface area contributed by atoms with Crippen LogP contribution in [0.1, 0.15) is 42.5 Å². The van der Waals surface area contributed by atoms with E-state index in [1.165, 1.54) is 45.2 Å². The van der Waals surface area contributed by atoms with Crippen LogP contribution in [-0.2, 0) is 11.3 Å². The van der Waals surface area contributed by atoms with Gasteiger partial charge in [-0.15, -0.1) is 0 Å². The number of aromatic nitrogens is 1. The number of nitrogens with zero attached hydrogens (tertiary/aromatic N) is 2. The summed E-state index contributed by atoms with van der Waals surface area (Å²) in [5, 5.41) is 4.32. The van der Waals surface area contributed by atoms with E-state index in [1.807, 2.05) is 18.2 Å². The first-order chi connectivity index (χ1) is 13.3. The highest BCUT2D eigenvalue weighted by atomic mass is 16.5. The monoisotopic (exact) mass is 369 g/mol. The van der Waals surface area contributed by atoms with Gasteiger partial charge in [-0.2, -0.15) is 0 Å². The van der Waals surface area contributed by atoms with Crippen molar-refractivity contribution < 1.29 is 9.53 Å². The zero-order valence-corrected chi connectivity index (χ0v) is 16.3. The third-order valence-electron chi connectivity index (χ3n) is 6.32. The molecule has 5 nitrogen and oxygen atoms in total. The number of piperidine rings is 2.